The molecule has 2 atom stereocenters. The van der Waals surface area contributed by atoms with E-state index in [4.69, 9.17) is 28.3 Å². The lowest BCUT2D eigenvalue weighted by atomic mass is 10.1. The number of aliphatic hydroxyl groups excluding tert-OH is 2. The molecule has 3 nitrogen and oxygen atoms in total. The van der Waals surface area contributed by atoms with Crippen LogP contribution in [0, 0.1) is 5.92 Å². The van der Waals surface area contributed by atoms with Gasteiger partial charge in [0.15, 0.2) is 0 Å². The van der Waals surface area contributed by atoms with Crippen LogP contribution in [0.5, 0.6) is 0 Å². The molecular formula is C14H21Cl2NO2. The van der Waals surface area contributed by atoms with Crippen molar-refractivity contribution in [3.05, 3.63) is 33.8 Å². The van der Waals surface area contributed by atoms with Crippen LogP contribution in [0.15, 0.2) is 18.2 Å². The molecule has 0 amide bonds. The van der Waals surface area contributed by atoms with Crippen LogP contribution in [0.2, 0.25) is 10.0 Å². The number of hydrogen-bond donors (Lipinski definition) is 3. The van der Waals surface area contributed by atoms with Crippen molar-refractivity contribution in [1.82, 2.24) is 5.32 Å². The third-order valence-electron chi connectivity index (χ3n) is 3.02. The smallest absolute Gasteiger partial charge is 0.0929 e. The van der Waals surface area contributed by atoms with Gasteiger partial charge in [0.25, 0.3) is 0 Å². The topological polar surface area (TPSA) is 52.5 Å². The molecule has 3 N–H and O–H groups in total. The minimum atomic E-state index is -0.665. The quantitative estimate of drug-likeness (QED) is 0.647. The van der Waals surface area contributed by atoms with E-state index in [1.165, 1.54) is 0 Å². The Labute approximate surface area is 124 Å². The third kappa shape index (κ3) is 6.11. The van der Waals surface area contributed by atoms with Crippen molar-refractivity contribution in [2.45, 2.75) is 25.9 Å². The highest BCUT2D eigenvalue weighted by Crippen LogP contribution is 2.25. The van der Waals surface area contributed by atoms with Gasteiger partial charge in [0.05, 0.1) is 6.10 Å². The minimum Gasteiger partial charge on any atom is -0.396 e. The summed E-state index contributed by atoms with van der Waals surface area (Å²) in [5, 5.41) is 23.2. The lowest BCUT2D eigenvalue weighted by molar-refractivity contribution is 0.174. The van der Waals surface area contributed by atoms with Crippen LogP contribution < -0.4 is 5.32 Å². The van der Waals surface area contributed by atoms with Crippen molar-refractivity contribution in [3.63, 3.8) is 0 Å². The number of nitrogens with one attached hydrogen (secondary N) is 1. The fraction of sp³-hybridized carbons (Fsp3) is 0.571. The Balaban J connectivity index is 2.31. The first-order valence-electron chi connectivity index (χ1n) is 6.49. The first kappa shape index (κ1) is 16.7. The lowest BCUT2D eigenvalue weighted by Crippen LogP contribution is -2.23. The summed E-state index contributed by atoms with van der Waals surface area (Å²) >= 11 is 11.9. The molecule has 0 aromatic heterocycles. The minimum absolute atomic E-state index is 0.223. The van der Waals surface area contributed by atoms with Crippen LogP contribution in [0.4, 0.5) is 0 Å². The molecule has 0 aliphatic carbocycles. The van der Waals surface area contributed by atoms with E-state index in [1.54, 1.807) is 18.2 Å². The first-order chi connectivity index (χ1) is 9.04. The zero-order valence-corrected chi connectivity index (χ0v) is 12.6. The third-order valence-corrected chi connectivity index (χ3v) is 3.60. The van der Waals surface area contributed by atoms with Crippen LogP contribution in [-0.2, 0) is 0 Å². The van der Waals surface area contributed by atoms with Gasteiger partial charge in [0, 0.05) is 28.8 Å². The van der Waals surface area contributed by atoms with Gasteiger partial charge in [0.2, 0.25) is 0 Å². The molecule has 0 aliphatic heterocycles. The molecule has 0 bridgehead atoms. The summed E-state index contributed by atoms with van der Waals surface area (Å²) in [7, 11) is 0. The van der Waals surface area contributed by atoms with Crippen molar-refractivity contribution in [2.24, 2.45) is 5.92 Å². The van der Waals surface area contributed by atoms with Gasteiger partial charge in [-0.3, -0.25) is 0 Å². The second-order valence-electron chi connectivity index (χ2n) is 4.82. The highest BCUT2D eigenvalue weighted by Gasteiger charge is 2.11. The molecule has 0 saturated carbocycles. The summed E-state index contributed by atoms with van der Waals surface area (Å²) in [5.74, 6) is 0.328. The van der Waals surface area contributed by atoms with Crippen LogP contribution in [0.3, 0.4) is 0 Å². The summed E-state index contributed by atoms with van der Waals surface area (Å²) in [5.41, 5.74) is 0.644. The molecule has 0 heterocycles. The van der Waals surface area contributed by atoms with Crippen LogP contribution in [0.1, 0.15) is 31.4 Å². The fourth-order valence-electron chi connectivity index (χ4n) is 1.79. The second kappa shape index (κ2) is 8.77. The van der Waals surface area contributed by atoms with Crippen LogP contribution in [-0.4, -0.2) is 29.9 Å². The molecule has 19 heavy (non-hydrogen) atoms. The van der Waals surface area contributed by atoms with Crippen molar-refractivity contribution >= 4 is 23.2 Å². The second-order valence-corrected chi connectivity index (χ2v) is 5.66. The molecule has 108 valence electrons. The Bertz CT molecular complexity index is 388. The average molecular weight is 306 g/mol. The van der Waals surface area contributed by atoms with Crippen molar-refractivity contribution in [3.8, 4) is 0 Å². The zero-order chi connectivity index (χ0) is 14.3. The first-order valence-corrected chi connectivity index (χ1v) is 7.24. The summed E-state index contributed by atoms with van der Waals surface area (Å²) < 4.78 is 0. The number of halogens is 2. The summed E-state index contributed by atoms with van der Waals surface area (Å²) in [6, 6.07) is 5.07. The molecule has 0 radical (unpaired) electrons. The molecule has 0 fully saturated rings. The summed E-state index contributed by atoms with van der Waals surface area (Å²) in [4.78, 5) is 0. The summed E-state index contributed by atoms with van der Waals surface area (Å²) in [6.07, 6.45) is 1.27. The molecule has 1 rings (SSSR count). The predicted octanol–water partition coefficient (Wildman–Crippen LogP) is 3.03. The van der Waals surface area contributed by atoms with E-state index in [2.05, 4.69) is 5.32 Å². The molecule has 1 aromatic carbocycles. The highest BCUT2D eigenvalue weighted by molar-refractivity contribution is 6.33. The Morgan fingerprint density at radius 2 is 2.05 bits per heavy atom. The summed E-state index contributed by atoms with van der Waals surface area (Å²) in [6.45, 7) is 3.48. The number of aliphatic hydroxyl groups is 2. The lowest BCUT2D eigenvalue weighted by Gasteiger charge is -2.14. The number of hydrogen-bond acceptors (Lipinski definition) is 3. The number of rotatable bonds is 8. The Morgan fingerprint density at radius 3 is 2.74 bits per heavy atom. The van der Waals surface area contributed by atoms with Gasteiger partial charge in [-0.05, 0) is 43.5 Å². The van der Waals surface area contributed by atoms with Gasteiger partial charge in [-0.15, -0.1) is 0 Å². The predicted molar refractivity (Wildman–Crippen MR) is 79.8 cm³/mol. The Hall–Kier alpha value is -0.320. The van der Waals surface area contributed by atoms with Crippen molar-refractivity contribution in [2.75, 3.05) is 19.7 Å². The average Bonchev–Trinajstić information content (AvgIpc) is 2.40. The molecule has 0 spiro atoms. The van der Waals surface area contributed by atoms with E-state index < -0.39 is 6.10 Å². The normalized spacial score (nSPS) is 14.4. The van der Waals surface area contributed by atoms with Gasteiger partial charge in [0.1, 0.15) is 0 Å². The van der Waals surface area contributed by atoms with Gasteiger partial charge >= 0.3 is 0 Å². The molecule has 0 saturated heterocycles. The molecule has 5 heteroatoms. The van der Waals surface area contributed by atoms with Gasteiger partial charge < -0.3 is 15.5 Å². The maximum Gasteiger partial charge on any atom is 0.0929 e. The Kier molecular flexibility index (Phi) is 7.73. The van der Waals surface area contributed by atoms with E-state index in [0.29, 0.717) is 28.1 Å². The molecule has 2 unspecified atom stereocenters. The molecular weight excluding hydrogens is 285 g/mol. The van der Waals surface area contributed by atoms with E-state index >= 15 is 0 Å². The van der Waals surface area contributed by atoms with Crippen LogP contribution in [0.25, 0.3) is 0 Å². The maximum atomic E-state index is 10.0. The zero-order valence-electron chi connectivity index (χ0n) is 11.1. The van der Waals surface area contributed by atoms with Crippen molar-refractivity contribution < 1.29 is 10.2 Å². The maximum absolute atomic E-state index is 10.0. The molecule has 0 aliphatic rings. The fourth-order valence-corrected chi connectivity index (χ4v) is 2.21. The van der Waals surface area contributed by atoms with E-state index in [9.17, 15) is 5.11 Å². The van der Waals surface area contributed by atoms with E-state index in [1.807, 2.05) is 6.92 Å². The van der Waals surface area contributed by atoms with Gasteiger partial charge in [-0.25, -0.2) is 0 Å². The largest absolute Gasteiger partial charge is 0.396 e. The van der Waals surface area contributed by atoms with Crippen molar-refractivity contribution in [1.29, 1.82) is 0 Å². The standard InChI is InChI=1S/C14H21Cl2NO2/c1-10(9-18)3-2-6-17-8-14(19)12-7-11(15)4-5-13(12)16/h4-5,7,10,14,17-19H,2-3,6,8-9H2,1H3. The van der Waals surface area contributed by atoms with E-state index in [-0.39, 0.29) is 6.61 Å². The Morgan fingerprint density at radius 1 is 1.32 bits per heavy atom. The van der Waals surface area contributed by atoms with Gasteiger partial charge in [-0.1, -0.05) is 30.1 Å². The monoisotopic (exact) mass is 305 g/mol. The number of benzene rings is 1. The van der Waals surface area contributed by atoms with Crippen LogP contribution >= 0.6 is 23.2 Å². The molecule has 1 aromatic rings. The van der Waals surface area contributed by atoms with E-state index in [0.717, 1.165) is 19.4 Å². The highest BCUT2D eigenvalue weighted by atomic mass is 35.5. The van der Waals surface area contributed by atoms with Gasteiger partial charge in [-0.2, -0.15) is 0 Å². The SMILES string of the molecule is CC(CO)CCCNCC(O)c1cc(Cl)ccc1Cl.